The van der Waals surface area contributed by atoms with Gasteiger partial charge in [0.15, 0.2) is 0 Å². The van der Waals surface area contributed by atoms with E-state index in [9.17, 15) is 15.3 Å². The Morgan fingerprint density at radius 3 is 1.50 bits per heavy atom. The van der Waals surface area contributed by atoms with Crippen molar-refractivity contribution in [2.24, 2.45) is 0 Å². The fraction of sp³-hybridized carbons (Fsp3) is 0.667. The zero-order valence-corrected chi connectivity index (χ0v) is 13.5. The number of aliphatic hydroxyl groups excluding tert-OH is 3. The predicted molar refractivity (Wildman–Crippen MR) is 84.4 cm³/mol. The normalized spacial score (nSPS) is 31.4. The van der Waals surface area contributed by atoms with Gasteiger partial charge in [0, 0.05) is 19.3 Å². The van der Waals surface area contributed by atoms with Gasteiger partial charge in [0.05, 0.1) is 56.4 Å². The van der Waals surface area contributed by atoms with Gasteiger partial charge in [-0.1, -0.05) is 18.2 Å². The van der Waals surface area contributed by atoms with Crippen LogP contribution >= 0.6 is 0 Å². The first kappa shape index (κ1) is 16.4. The topological polar surface area (TPSA) is 98.3 Å². The maximum Gasteiger partial charge on any atom is 0.0837 e. The fourth-order valence-electron chi connectivity index (χ4n) is 3.30. The summed E-state index contributed by atoms with van der Waals surface area (Å²) in [5.41, 5.74) is 1.98. The summed E-state index contributed by atoms with van der Waals surface area (Å²) >= 11 is 0. The quantitative estimate of drug-likeness (QED) is 0.585. The first-order valence-corrected chi connectivity index (χ1v) is 8.63. The summed E-state index contributed by atoms with van der Waals surface area (Å²) in [6, 6.07) is 5.47. The van der Waals surface area contributed by atoms with E-state index < -0.39 is 18.3 Å². The summed E-state index contributed by atoms with van der Waals surface area (Å²) in [7, 11) is 0. The Balaban J connectivity index is 1.61. The molecule has 6 heteroatoms. The van der Waals surface area contributed by atoms with E-state index in [-0.39, 0.29) is 18.3 Å². The van der Waals surface area contributed by atoms with E-state index in [0.717, 1.165) is 0 Å². The number of ether oxygens (including phenoxy) is 3. The second-order valence-corrected chi connectivity index (χ2v) is 6.97. The Morgan fingerprint density at radius 1 is 0.750 bits per heavy atom. The van der Waals surface area contributed by atoms with Crippen LogP contribution in [0.5, 0.6) is 0 Å². The summed E-state index contributed by atoms with van der Waals surface area (Å²) in [6.07, 6.45) is -0.477. The molecule has 0 amide bonds. The van der Waals surface area contributed by atoms with Crippen LogP contribution in [0.3, 0.4) is 0 Å². The van der Waals surface area contributed by atoms with Crippen LogP contribution in [0.2, 0.25) is 0 Å². The molecule has 24 heavy (non-hydrogen) atoms. The second kappa shape index (κ2) is 6.71. The second-order valence-electron chi connectivity index (χ2n) is 6.97. The van der Waals surface area contributed by atoms with E-state index in [1.54, 1.807) is 0 Å². The number of aliphatic hydroxyl groups is 3. The molecule has 3 aliphatic heterocycles. The molecule has 1 aromatic carbocycles. The van der Waals surface area contributed by atoms with Crippen LogP contribution in [0.1, 0.15) is 54.3 Å². The molecule has 132 valence electrons. The monoisotopic (exact) mass is 336 g/mol. The van der Waals surface area contributed by atoms with Gasteiger partial charge in [-0.05, 0) is 16.7 Å². The minimum absolute atomic E-state index is 0.0636. The third-order valence-corrected chi connectivity index (χ3v) is 4.89. The van der Waals surface area contributed by atoms with Crippen molar-refractivity contribution in [3.05, 3.63) is 34.9 Å². The van der Waals surface area contributed by atoms with Gasteiger partial charge >= 0.3 is 0 Å². The third kappa shape index (κ3) is 3.96. The van der Waals surface area contributed by atoms with Crippen molar-refractivity contribution >= 4 is 0 Å². The van der Waals surface area contributed by atoms with Gasteiger partial charge in [-0.3, -0.25) is 0 Å². The predicted octanol–water partition coefficient (Wildman–Crippen LogP) is 1.15. The first-order valence-electron chi connectivity index (χ1n) is 8.63. The van der Waals surface area contributed by atoms with Crippen molar-refractivity contribution in [1.82, 2.24) is 0 Å². The minimum atomic E-state index is -0.770. The van der Waals surface area contributed by atoms with E-state index in [1.807, 2.05) is 18.2 Å². The number of benzene rings is 1. The standard InChI is InChI=1S/C18H24O6/c19-15(4-10-7-22-10)13-2-1-3-14(16(20)5-11-8-23-11)18(13)17(21)6-12-9-24-12/h1-3,10-12,15-17,19-21H,4-9H2. The SMILES string of the molecule is OC(CC1CO1)c1cccc(C(O)CC2CO2)c1C(O)CC1CO1. The molecular formula is C18H24O6. The smallest absolute Gasteiger partial charge is 0.0837 e. The van der Waals surface area contributed by atoms with Crippen molar-refractivity contribution in [1.29, 1.82) is 0 Å². The highest BCUT2D eigenvalue weighted by Crippen LogP contribution is 2.39. The molecule has 3 aliphatic rings. The Hall–Kier alpha value is -1.02. The van der Waals surface area contributed by atoms with Crippen LogP contribution in [-0.4, -0.2) is 53.5 Å². The van der Waals surface area contributed by atoms with Crippen LogP contribution in [0.15, 0.2) is 18.2 Å². The molecule has 0 spiro atoms. The minimum Gasteiger partial charge on any atom is -0.388 e. The van der Waals surface area contributed by atoms with Gasteiger partial charge in [0.25, 0.3) is 0 Å². The van der Waals surface area contributed by atoms with Crippen LogP contribution < -0.4 is 0 Å². The fourth-order valence-corrected chi connectivity index (χ4v) is 3.30. The molecule has 0 saturated carbocycles. The van der Waals surface area contributed by atoms with E-state index in [1.165, 1.54) is 0 Å². The van der Waals surface area contributed by atoms with Crippen molar-refractivity contribution in [2.45, 2.75) is 55.9 Å². The number of hydrogen-bond donors (Lipinski definition) is 3. The maximum atomic E-state index is 10.7. The molecule has 0 aromatic heterocycles. The van der Waals surface area contributed by atoms with E-state index >= 15 is 0 Å². The number of hydrogen-bond acceptors (Lipinski definition) is 6. The molecule has 0 radical (unpaired) electrons. The third-order valence-electron chi connectivity index (χ3n) is 4.89. The maximum absolute atomic E-state index is 10.7. The molecule has 0 bridgehead atoms. The highest BCUT2D eigenvalue weighted by molar-refractivity contribution is 5.40. The van der Waals surface area contributed by atoms with Gasteiger partial charge in [0.1, 0.15) is 0 Å². The Kier molecular flexibility index (Phi) is 4.60. The molecule has 6 nitrogen and oxygen atoms in total. The average molecular weight is 336 g/mol. The van der Waals surface area contributed by atoms with E-state index in [4.69, 9.17) is 14.2 Å². The van der Waals surface area contributed by atoms with Gasteiger partial charge in [-0.2, -0.15) is 0 Å². The highest BCUT2D eigenvalue weighted by atomic mass is 16.6. The average Bonchev–Trinajstić information content (AvgIpc) is 3.39. The highest BCUT2D eigenvalue weighted by Gasteiger charge is 2.34. The van der Waals surface area contributed by atoms with Gasteiger partial charge in [-0.15, -0.1) is 0 Å². The molecule has 1 aromatic rings. The summed E-state index contributed by atoms with van der Waals surface area (Å²) in [5.74, 6) is 0. The lowest BCUT2D eigenvalue weighted by atomic mass is 9.87. The molecule has 6 unspecified atom stereocenters. The largest absolute Gasteiger partial charge is 0.388 e. The summed E-state index contributed by atoms with van der Waals surface area (Å²) < 4.78 is 15.6. The molecule has 3 N–H and O–H groups in total. The van der Waals surface area contributed by atoms with Gasteiger partial charge < -0.3 is 29.5 Å². The summed E-state index contributed by atoms with van der Waals surface area (Å²) in [6.45, 7) is 2.00. The number of rotatable bonds is 9. The Bertz CT molecular complexity index is 541. The van der Waals surface area contributed by atoms with Crippen LogP contribution in [-0.2, 0) is 14.2 Å². The zero-order valence-electron chi connectivity index (χ0n) is 13.5. The molecule has 3 saturated heterocycles. The molecule has 3 fully saturated rings. The van der Waals surface area contributed by atoms with Crippen molar-refractivity contribution in [2.75, 3.05) is 19.8 Å². The molecular weight excluding hydrogens is 312 g/mol. The van der Waals surface area contributed by atoms with Gasteiger partial charge in [-0.25, -0.2) is 0 Å². The number of epoxide rings is 3. The summed E-state index contributed by atoms with van der Waals surface area (Å²) in [5, 5.41) is 31.9. The van der Waals surface area contributed by atoms with Crippen LogP contribution in [0.4, 0.5) is 0 Å². The van der Waals surface area contributed by atoms with Gasteiger partial charge in [0.2, 0.25) is 0 Å². The van der Waals surface area contributed by atoms with Crippen LogP contribution in [0, 0.1) is 0 Å². The van der Waals surface area contributed by atoms with E-state index in [2.05, 4.69) is 0 Å². The Morgan fingerprint density at radius 2 is 1.12 bits per heavy atom. The lowest BCUT2D eigenvalue weighted by Gasteiger charge is -2.24. The zero-order chi connectivity index (χ0) is 16.7. The Labute approximate surface area is 141 Å². The molecule has 6 atom stereocenters. The van der Waals surface area contributed by atoms with E-state index in [0.29, 0.717) is 55.8 Å². The lowest BCUT2D eigenvalue weighted by Crippen LogP contribution is -2.15. The molecule has 4 rings (SSSR count). The summed E-state index contributed by atoms with van der Waals surface area (Å²) in [4.78, 5) is 0. The lowest BCUT2D eigenvalue weighted by molar-refractivity contribution is 0.119. The molecule has 3 heterocycles. The van der Waals surface area contributed by atoms with Crippen LogP contribution in [0.25, 0.3) is 0 Å². The first-order chi connectivity index (χ1) is 11.6. The van der Waals surface area contributed by atoms with Crippen molar-refractivity contribution in [3.63, 3.8) is 0 Å². The van der Waals surface area contributed by atoms with Crippen molar-refractivity contribution < 1.29 is 29.5 Å². The van der Waals surface area contributed by atoms with Crippen molar-refractivity contribution in [3.8, 4) is 0 Å². The molecule has 0 aliphatic carbocycles.